The molecule has 0 radical (unpaired) electrons. The van der Waals surface area contributed by atoms with Gasteiger partial charge in [-0.3, -0.25) is 9.59 Å². The summed E-state index contributed by atoms with van der Waals surface area (Å²) in [5.74, 6) is 0.835. The van der Waals surface area contributed by atoms with Gasteiger partial charge in [0.15, 0.2) is 5.78 Å². The van der Waals surface area contributed by atoms with E-state index in [0.29, 0.717) is 16.2 Å². The maximum atomic E-state index is 11.8. The van der Waals surface area contributed by atoms with Crippen LogP contribution in [-0.2, 0) is 4.79 Å². The molecule has 0 spiro atoms. The van der Waals surface area contributed by atoms with Gasteiger partial charge in [0.2, 0.25) is 5.91 Å². The van der Waals surface area contributed by atoms with Crippen molar-refractivity contribution in [2.75, 3.05) is 13.7 Å². The van der Waals surface area contributed by atoms with E-state index < -0.39 is 0 Å². The number of ketones is 1. The minimum absolute atomic E-state index is 0.0268. The highest BCUT2D eigenvalue weighted by Gasteiger charge is 2.08. The van der Waals surface area contributed by atoms with Gasteiger partial charge < -0.3 is 14.5 Å². The zero-order chi connectivity index (χ0) is 16.9. The molecule has 2 heterocycles. The average molecular weight is 341 g/mol. The number of amides is 1. The number of Topliss-reactive ketones (excluding diaryl/α,β-unsaturated/α-hetero) is 1. The second-order valence-electron chi connectivity index (χ2n) is 5.00. The van der Waals surface area contributed by atoms with E-state index in [1.807, 2.05) is 29.6 Å². The van der Waals surface area contributed by atoms with Crippen LogP contribution >= 0.6 is 11.3 Å². The van der Waals surface area contributed by atoms with Crippen molar-refractivity contribution in [3.8, 4) is 5.75 Å². The van der Waals surface area contributed by atoms with Crippen molar-refractivity contribution >= 4 is 40.1 Å². The molecule has 0 fully saturated rings. The summed E-state index contributed by atoms with van der Waals surface area (Å²) in [6, 6.07) is 10.8. The predicted molar refractivity (Wildman–Crippen MR) is 93.5 cm³/mol. The monoisotopic (exact) mass is 341 g/mol. The first-order valence-electron chi connectivity index (χ1n) is 7.26. The molecule has 2 aromatic heterocycles. The van der Waals surface area contributed by atoms with Crippen LogP contribution in [0.2, 0.25) is 0 Å². The van der Waals surface area contributed by atoms with E-state index in [-0.39, 0.29) is 18.2 Å². The molecule has 0 bridgehead atoms. The quantitative estimate of drug-likeness (QED) is 0.550. The Kier molecular flexibility index (Phi) is 4.77. The number of methoxy groups -OCH3 is 1. The number of hydrogen-bond acceptors (Lipinski definition) is 5. The van der Waals surface area contributed by atoms with Gasteiger partial charge >= 0.3 is 0 Å². The molecule has 1 amide bonds. The smallest absolute Gasteiger partial charge is 0.244 e. The van der Waals surface area contributed by atoms with Crippen LogP contribution in [0.15, 0.2) is 52.3 Å². The van der Waals surface area contributed by atoms with Gasteiger partial charge in [0.05, 0.1) is 18.5 Å². The number of thiophene rings is 1. The summed E-state index contributed by atoms with van der Waals surface area (Å²) in [6.45, 7) is -0.0268. The van der Waals surface area contributed by atoms with E-state index in [1.54, 1.807) is 25.3 Å². The molecule has 0 aliphatic rings. The third-order valence-electron chi connectivity index (χ3n) is 3.36. The van der Waals surface area contributed by atoms with Crippen molar-refractivity contribution in [1.82, 2.24) is 5.32 Å². The molecule has 0 unspecified atom stereocenters. The zero-order valence-corrected chi connectivity index (χ0v) is 13.8. The molecule has 3 rings (SSSR count). The number of benzene rings is 1. The van der Waals surface area contributed by atoms with E-state index in [2.05, 4.69) is 5.32 Å². The predicted octanol–water partition coefficient (Wildman–Crippen LogP) is 3.52. The van der Waals surface area contributed by atoms with Gasteiger partial charge in [-0.05, 0) is 41.8 Å². The fourth-order valence-corrected chi connectivity index (χ4v) is 2.82. The van der Waals surface area contributed by atoms with Crippen molar-refractivity contribution < 1.29 is 18.7 Å². The summed E-state index contributed by atoms with van der Waals surface area (Å²) >= 11 is 1.35. The van der Waals surface area contributed by atoms with Crippen LogP contribution in [0.25, 0.3) is 17.0 Å². The highest BCUT2D eigenvalue weighted by atomic mass is 32.1. The third kappa shape index (κ3) is 3.72. The Labute approximate surface area is 142 Å². The number of rotatable bonds is 6. The topological polar surface area (TPSA) is 68.5 Å². The lowest BCUT2D eigenvalue weighted by Crippen LogP contribution is -2.27. The highest BCUT2D eigenvalue weighted by molar-refractivity contribution is 7.12. The van der Waals surface area contributed by atoms with Gasteiger partial charge in [-0.2, -0.15) is 0 Å². The number of ether oxygens (including phenoxy) is 1. The van der Waals surface area contributed by atoms with E-state index in [4.69, 9.17) is 9.15 Å². The van der Waals surface area contributed by atoms with Crippen molar-refractivity contribution in [2.24, 2.45) is 0 Å². The Balaban J connectivity index is 1.60. The number of furan rings is 1. The summed E-state index contributed by atoms with van der Waals surface area (Å²) in [6.07, 6.45) is 2.91. The zero-order valence-electron chi connectivity index (χ0n) is 12.9. The van der Waals surface area contributed by atoms with Crippen LogP contribution in [0, 0.1) is 0 Å². The molecule has 0 aliphatic carbocycles. The fourth-order valence-electron chi connectivity index (χ4n) is 2.16. The molecule has 122 valence electrons. The molecule has 0 aliphatic heterocycles. The third-order valence-corrected chi connectivity index (χ3v) is 4.27. The minimum Gasteiger partial charge on any atom is -0.497 e. The van der Waals surface area contributed by atoms with Crippen LogP contribution in [0.1, 0.15) is 15.4 Å². The second kappa shape index (κ2) is 7.14. The number of hydrogen-bond donors (Lipinski definition) is 1. The number of fused-ring (bicyclic) bond motifs is 1. The SMILES string of the molecule is COc1ccc2oc(C=CC(=O)NCC(=O)c3cccs3)cc2c1. The largest absolute Gasteiger partial charge is 0.497 e. The Morgan fingerprint density at radius 3 is 2.92 bits per heavy atom. The summed E-state index contributed by atoms with van der Waals surface area (Å²) in [4.78, 5) is 24.2. The summed E-state index contributed by atoms with van der Waals surface area (Å²) in [5.41, 5.74) is 0.712. The van der Waals surface area contributed by atoms with Crippen molar-refractivity contribution in [3.63, 3.8) is 0 Å². The molecule has 0 atom stereocenters. The van der Waals surface area contributed by atoms with Crippen LogP contribution in [0.5, 0.6) is 5.75 Å². The second-order valence-corrected chi connectivity index (χ2v) is 5.95. The molecular formula is C18H15NO4S. The molecule has 3 aromatic rings. The Hall–Kier alpha value is -2.86. The van der Waals surface area contributed by atoms with Gasteiger partial charge in [-0.1, -0.05) is 6.07 Å². The minimum atomic E-state index is -0.349. The first kappa shape index (κ1) is 16.0. The van der Waals surface area contributed by atoms with Crippen LogP contribution in [0.4, 0.5) is 0 Å². The highest BCUT2D eigenvalue weighted by Crippen LogP contribution is 2.24. The molecule has 6 heteroatoms. The Morgan fingerprint density at radius 1 is 1.29 bits per heavy atom. The summed E-state index contributed by atoms with van der Waals surface area (Å²) < 4.78 is 10.8. The first-order valence-corrected chi connectivity index (χ1v) is 8.14. The van der Waals surface area contributed by atoms with Crippen molar-refractivity contribution in [3.05, 3.63) is 58.5 Å². The average Bonchev–Trinajstić information content (AvgIpc) is 3.26. The lowest BCUT2D eigenvalue weighted by atomic mass is 10.2. The van der Waals surface area contributed by atoms with Gasteiger partial charge in [0.25, 0.3) is 0 Å². The van der Waals surface area contributed by atoms with E-state index >= 15 is 0 Å². The van der Waals surface area contributed by atoms with Gasteiger partial charge in [0.1, 0.15) is 17.1 Å². The molecular weight excluding hydrogens is 326 g/mol. The Bertz CT molecular complexity index is 893. The molecule has 0 saturated carbocycles. The standard InChI is InChI=1S/C18H15NO4S/c1-22-13-4-6-16-12(9-13)10-14(23-16)5-7-18(21)19-11-15(20)17-3-2-8-24-17/h2-10H,11H2,1H3,(H,19,21). The molecule has 1 N–H and O–H groups in total. The number of nitrogens with one attached hydrogen (secondary N) is 1. The lowest BCUT2D eigenvalue weighted by Gasteiger charge is -1.99. The number of carbonyl (C=O) groups is 2. The number of carbonyl (C=O) groups excluding carboxylic acids is 2. The molecule has 5 nitrogen and oxygen atoms in total. The van der Waals surface area contributed by atoms with Crippen LogP contribution < -0.4 is 10.1 Å². The van der Waals surface area contributed by atoms with Crippen LogP contribution in [0.3, 0.4) is 0 Å². The van der Waals surface area contributed by atoms with E-state index in [1.165, 1.54) is 17.4 Å². The molecule has 24 heavy (non-hydrogen) atoms. The van der Waals surface area contributed by atoms with Crippen molar-refractivity contribution in [2.45, 2.75) is 0 Å². The van der Waals surface area contributed by atoms with Crippen molar-refractivity contribution in [1.29, 1.82) is 0 Å². The van der Waals surface area contributed by atoms with Gasteiger partial charge in [0, 0.05) is 11.5 Å². The maximum absolute atomic E-state index is 11.8. The summed E-state index contributed by atoms with van der Waals surface area (Å²) in [5, 5.41) is 5.28. The van der Waals surface area contributed by atoms with Crippen LogP contribution in [-0.4, -0.2) is 25.3 Å². The lowest BCUT2D eigenvalue weighted by molar-refractivity contribution is -0.116. The van der Waals surface area contributed by atoms with E-state index in [9.17, 15) is 9.59 Å². The molecule has 0 saturated heterocycles. The van der Waals surface area contributed by atoms with Gasteiger partial charge in [-0.25, -0.2) is 0 Å². The fraction of sp³-hybridized carbons (Fsp3) is 0.111. The van der Waals surface area contributed by atoms with E-state index in [0.717, 1.165) is 11.1 Å². The normalized spacial score (nSPS) is 11.0. The maximum Gasteiger partial charge on any atom is 0.244 e. The summed E-state index contributed by atoms with van der Waals surface area (Å²) in [7, 11) is 1.60. The van der Waals surface area contributed by atoms with Gasteiger partial charge in [-0.15, -0.1) is 11.3 Å². The Morgan fingerprint density at radius 2 is 2.17 bits per heavy atom. The molecule has 1 aromatic carbocycles. The first-order chi connectivity index (χ1) is 11.7.